The Balaban J connectivity index is 1.83. The van der Waals surface area contributed by atoms with Crippen molar-refractivity contribution in [3.8, 4) is 0 Å². The van der Waals surface area contributed by atoms with Gasteiger partial charge >= 0.3 is 0 Å². The summed E-state index contributed by atoms with van der Waals surface area (Å²) in [6, 6.07) is 21.0. The molecule has 2 aromatic rings. The van der Waals surface area contributed by atoms with Crippen molar-refractivity contribution in [3.63, 3.8) is 0 Å². The fourth-order valence-corrected chi connectivity index (χ4v) is 1.68. The van der Waals surface area contributed by atoms with Crippen molar-refractivity contribution in [1.29, 1.82) is 0 Å². The Morgan fingerprint density at radius 1 is 0.750 bits per heavy atom. The van der Waals surface area contributed by atoms with E-state index in [1.807, 2.05) is 6.07 Å². The van der Waals surface area contributed by atoms with Crippen LogP contribution in [-0.2, 0) is 6.42 Å². The monoisotopic (exact) mass is 208 g/mol. The third-order valence-electron chi connectivity index (χ3n) is 2.55. The minimum Gasteiger partial charge on any atom is -0.0836 e. The zero-order valence-corrected chi connectivity index (χ0v) is 9.34. The van der Waals surface area contributed by atoms with Crippen LogP contribution in [0.4, 0.5) is 0 Å². The Morgan fingerprint density at radius 2 is 1.38 bits per heavy atom. The smallest absolute Gasteiger partial charge is 0.0244 e. The fourth-order valence-electron chi connectivity index (χ4n) is 1.68. The van der Waals surface area contributed by atoms with Crippen molar-refractivity contribution in [2.75, 3.05) is 0 Å². The molecule has 0 aromatic heterocycles. The minimum atomic E-state index is 1.10. The summed E-state index contributed by atoms with van der Waals surface area (Å²) in [5, 5.41) is 0. The number of hydrogen-bond donors (Lipinski definition) is 0. The molecule has 0 fully saturated rings. The molecule has 80 valence electrons. The van der Waals surface area contributed by atoms with Crippen molar-refractivity contribution >= 4 is 6.08 Å². The van der Waals surface area contributed by atoms with Gasteiger partial charge in [-0.15, -0.1) is 0 Å². The first-order chi connectivity index (χ1) is 7.95. The second kappa shape index (κ2) is 5.92. The Hall–Kier alpha value is -1.82. The molecule has 0 aliphatic rings. The van der Waals surface area contributed by atoms with E-state index in [-0.39, 0.29) is 0 Å². The standard InChI is InChI=1S/C16H16/c1-3-9-15(10-4-1)13-7-8-14-16-11-5-2-6-12-16/h1-7,9-13H,8,14H2/b13-7+. The van der Waals surface area contributed by atoms with E-state index >= 15 is 0 Å². The molecule has 2 aromatic carbocycles. The van der Waals surface area contributed by atoms with Crippen molar-refractivity contribution < 1.29 is 0 Å². The van der Waals surface area contributed by atoms with Crippen molar-refractivity contribution in [1.82, 2.24) is 0 Å². The molecule has 0 atom stereocenters. The second-order valence-electron chi connectivity index (χ2n) is 3.84. The number of allylic oxidation sites excluding steroid dienone is 1. The Kier molecular flexibility index (Phi) is 3.95. The highest BCUT2D eigenvalue weighted by molar-refractivity contribution is 5.48. The quantitative estimate of drug-likeness (QED) is 0.701. The third kappa shape index (κ3) is 3.39. The van der Waals surface area contributed by atoms with Gasteiger partial charge in [0.05, 0.1) is 0 Å². The number of aryl methyl sites for hydroxylation is 1. The van der Waals surface area contributed by atoms with Gasteiger partial charge in [0.2, 0.25) is 0 Å². The summed E-state index contributed by atoms with van der Waals surface area (Å²) in [5.41, 5.74) is 2.68. The van der Waals surface area contributed by atoms with Gasteiger partial charge in [0, 0.05) is 0 Å². The van der Waals surface area contributed by atoms with Gasteiger partial charge in [-0.1, -0.05) is 72.8 Å². The van der Waals surface area contributed by atoms with Gasteiger partial charge in [-0.2, -0.15) is 0 Å². The van der Waals surface area contributed by atoms with Crippen molar-refractivity contribution in [3.05, 3.63) is 77.9 Å². The summed E-state index contributed by atoms with van der Waals surface area (Å²) in [5.74, 6) is 0. The van der Waals surface area contributed by atoms with E-state index in [1.165, 1.54) is 11.1 Å². The van der Waals surface area contributed by atoms with E-state index in [2.05, 4.69) is 66.7 Å². The van der Waals surface area contributed by atoms with Crippen LogP contribution in [0.1, 0.15) is 17.5 Å². The van der Waals surface area contributed by atoms with Crippen LogP contribution < -0.4 is 0 Å². The zero-order chi connectivity index (χ0) is 11.1. The second-order valence-corrected chi connectivity index (χ2v) is 3.84. The van der Waals surface area contributed by atoms with Crippen LogP contribution in [-0.4, -0.2) is 0 Å². The van der Waals surface area contributed by atoms with Crippen LogP contribution in [0.15, 0.2) is 66.7 Å². The number of rotatable bonds is 4. The lowest BCUT2D eigenvalue weighted by atomic mass is 10.1. The van der Waals surface area contributed by atoms with Gasteiger partial charge in [0.1, 0.15) is 0 Å². The first kappa shape index (κ1) is 10.7. The average molecular weight is 208 g/mol. The summed E-state index contributed by atoms with van der Waals surface area (Å²) in [4.78, 5) is 0. The highest BCUT2D eigenvalue weighted by atomic mass is 13.9. The predicted octanol–water partition coefficient (Wildman–Crippen LogP) is 4.33. The van der Waals surface area contributed by atoms with Gasteiger partial charge in [0.25, 0.3) is 0 Å². The largest absolute Gasteiger partial charge is 0.0836 e. The SMILES string of the molecule is C(=C\c1ccccc1)/CCc1ccccc1. The maximum absolute atomic E-state index is 2.24. The first-order valence-electron chi connectivity index (χ1n) is 5.71. The molecule has 0 aliphatic carbocycles. The molecule has 0 saturated heterocycles. The maximum atomic E-state index is 2.24. The molecule has 0 heterocycles. The van der Waals surface area contributed by atoms with E-state index in [0.29, 0.717) is 0 Å². The average Bonchev–Trinajstić information content (AvgIpc) is 2.37. The fraction of sp³-hybridized carbons (Fsp3) is 0.125. The molecule has 0 heteroatoms. The molecular formula is C16H16. The molecule has 0 spiro atoms. The Labute approximate surface area is 97.3 Å². The molecule has 0 bridgehead atoms. The lowest BCUT2D eigenvalue weighted by Gasteiger charge is -1.96. The summed E-state index contributed by atoms with van der Waals surface area (Å²) in [6.45, 7) is 0. The van der Waals surface area contributed by atoms with Crippen LogP contribution in [0.3, 0.4) is 0 Å². The van der Waals surface area contributed by atoms with Crippen LogP contribution in [0, 0.1) is 0 Å². The molecule has 0 saturated carbocycles. The molecule has 2 rings (SSSR count). The molecule has 0 N–H and O–H groups in total. The molecule has 0 amide bonds. The molecule has 0 aliphatic heterocycles. The zero-order valence-electron chi connectivity index (χ0n) is 9.34. The van der Waals surface area contributed by atoms with Crippen LogP contribution in [0.2, 0.25) is 0 Å². The maximum Gasteiger partial charge on any atom is -0.0244 e. The van der Waals surface area contributed by atoms with E-state index in [9.17, 15) is 0 Å². The summed E-state index contributed by atoms with van der Waals surface area (Å²) >= 11 is 0. The predicted molar refractivity (Wildman–Crippen MR) is 70.2 cm³/mol. The highest BCUT2D eigenvalue weighted by Gasteiger charge is 1.88. The number of hydrogen-bond acceptors (Lipinski definition) is 0. The molecule has 0 unspecified atom stereocenters. The van der Waals surface area contributed by atoms with E-state index in [0.717, 1.165) is 12.8 Å². The lowest BCUT2D eigenvalue weighted by Crippen LogP contribution is -1.81. The number of benzene rings is 2. The Bertz CT molecular complexity index is 426. The van der Waals surface area contributed by atoms with Crippen LogP contribution in [0.25, 0.3) is 6.08 Å². The topological polar surface area (TPSA) is 0 Å². The third-order valence-corrected chi connectivity index (χ3v) is 2.55. The van der Waals surface area contributed by atoms with E-state index < -0.39 is 0 Å². The normalized spacial score (nSPS) is 10.8. The summed E-state index contributed by atoms with van der Waals surface area (Å²) in [7, 11) is 0. The highest BCUT2D eigenvalue weighted by Crippen LogP contribution is 2.05. The lowest BCUT2D eigenvalue weighted by molar-refractivity contribution is 1.01. The van der Waals surface area contributed by atoms with Gasteiger partial charge in [-0.25, -0.2) is 0 Å². The summed E-state index contributed by atoms with van der Waals surface area (Å²) < 4.78 is 0. The molecular weight excluding hydrogens is 192 g/mol. The Morgan fingerprint density at radius 3 is 2.06 bits per heavy atom. The van der Waals surface area contributed by atoms with Crippen LogP contribution in [0.5, 0.6) is 0 Å². The van der Waals surface area contributed by atoms with Crippen molar-refractivity contribution in [2.24, 2.45) is 0 Å². The van der Waals surface area contributed by atoms with Gasteiger partial charge < -0.3 is 0 Å². The molecule has 16 heavy (non-hydrogen) atoms. The van der Waals surface area contributed by atoms with E-state index in [1.54, 1.807) is 0 Å². The van der Waals surface area contributed by atoms with Crippen LogP contribution >= 0.6 is 0 Å². The first-order valence-corrected chi connectivity index (χ1v) is 5.71. The minimum absolute atomic E-state index is 1.10. The van der Waals surface area contributed by atoms with Gasteiger partial charge in [-0.3, -0.25) is 0 Å². The van der Waals surface area contributed by atoms with Gasteiger partial charge in [-0.05, 0) is 24.0 Å². The molecule has 0 nitrogen and oxygen atoms in total. The van der Waals surface area contributed by atoms with Gasteiger partial charge in [0.15, 0.2) is 0 Å². The van der Waals surface area contributed by atoms with E-state index in [4.69, 9.17) is 0 Å². The van der Waals surface area contributed by atoms with Crippen molar-refractivity contribution in [2.45, 2.75) is 12.8 Å². The summed E-state index contributed by atoms with van der Waals surface area (Å²) in [6.07, 6.45) is 6.63. The molecule has 0 radical (unpaired) electrons.